The first kappa shape index (κ1) is 13.9. The van der Waals surface area contributed by atoms with Crippen molar-refractivity contribution in [2.45, 2.75) is 0 Å². The lowest BCUT2D eigenvalue weighted by molar-refractivity contribution is 0.414. The number of nitrogens with zero attached hydrogens (tertiary/aromatic N) is 4. The summed E-state index contributed by atoms with van der Waals surface area (Å²) in [6.45, 7) is 0. The van der Waals surface area contributed by atoms with Crippen molar-refractivity contribution in [2.75, 3.05) is 14.2 Å². The Kier molecular flexibility index (Phi) is 3.91. The first-order valence-corrected chi connectivity index (χ1v) is 6.64. The lowest BCUT2D eigenvalue weighted by Crippen LogP contribution is -1.97. The molecule has 0 saturated heterocycles. The zero-order valence-corrected chi connectivity index (χ0v) is 12.2. The summed E-state index contributed by atoms with van der Waals surface area (Å²) in [7, 11) is 3.19. The molecule has 0 fully saturated rings. The zero-order valence-electron chi connectivity index (χ0n) is 12.2. The molecule has 6 nitrogen and oxygen atoms in total. The lowest BCUT2D eigenvalue weighted by Gasteiger charge is -2.09. The second-order valence-electron chi connectivity index (χ2n) is 4.40. The van der Waals surface area contributed by atoms with Crippen LogP contribution >= 0.6 is 0 Å². The first-order valence-electron chi connectivity index (χ1n) is 6.64. The minimum Gasteiger partial charge on any atom is -0.494 e. The van der Waals surface area contributed by atoms with E-state index in [0.29, 0.717) is 34.3 Å². The molecule has 0 N–H and O–H groups in total. The smallest absolute Gasteiger partial charge is 0.146 e. The molecule has 0 amide bonds. The third-order valence-corrected chi connectivity index (χ3v) is 3.10. The summed E-state index contributed by atoms with van der Waals surface area (Å²) in [6, 6.07) is 7.28. The number of hydrogen-bond donors (Lipinski definition) is 0. The molecule has 0 bridgehead atoms. The molecule has 22 heavy (non-hydrogen) atoms. The van der Waals surface area contributed by atoms with Gasteiger partial charge in [0.15, 0.2) is 0 Å². The van der Waals surface area contributed by atoms with Crippen molar-refractivity contribution in [1.29, 1.82) is 0 Å². The largest absolute Gasteiger partial charge is 0.494 e. The van der Waals surface area contributed by atoms with Gasteiger partial charge in [-0.15, -0.1) is 0 Å². The molecule has 0 unspecified atom stereocenters. The fourth-order valence-corrected chi connectivity index (χ4v) is 2.09. The van der Waals surface area contributed by atoms with E-state index in [-0.39, 0.29) is 0 Å². The zero-order chi connectivity index (χ0) is 15.4. The normalized spacial score (nSPS) is 10.3. The number of rotatable bonds is 4. The van der Waals surface area contributed by atoms with Crippen LogP contribution < -0.4 is 9.47 Å². The second-order valence-corrected chi connectivity index (χ2v) is 4.40. The predicted molar refractivity (Wildman–Crippen MR) is 81.6 cm³/mol. The van der Waals surface area contributed by atoms with Crippen molar-refractivity contribution in [3.05, 3.63) is 49.1 Å². The van der Waals surface area contributed by atoms with Crippen molar-refractivity contribution >= 4 is 0 Å². The first-order chi connectivity index (χ1) is 10.8. The minimum absolute atomic E-state index is 0.614. The molecule has 3 aromatic rings. The topological polar surface area (TPSA) is 70.0 Å². The van der Waals surface area contributed by atoms with Crippen LogP contribution in [0.1, 0.15) is 0 Å². The molecule has 3 rings (SSSR count). The summed E-state index contributed by atoms with van der Waals surface area (Å²) in [5.74, 6) is 1.28. The van der Waals surface area contributed by atoms with Crippen LogP contribution in [-0.4, -0.2) is 34.2 Å². The van der Waals surface area contributed by atoms with Gasteiger partial charge in [0.25, 0.3) is 0 Å². The molecule has 0 aliphatic rings. The van der Waals surface area contributed by atoms with Crippen LogP contribution in [0, 0.1) is 0 Å². The molecule has 3 heterocycles. The highest BCUT2D eigenvalue weighted by molar-refractivity contribution is 5.67. The standard InChI is InChI=1S/C16H14N4O2/c1-21-13-5-3-7-18-15(13)11-9-17-10-12(20-11)16-14(22-2)6-4-8-19-16/h3-10H,1-2H3. The molecular formula is C16H14N4O2. The van der Waals surface area contributed by atoms with E-state index in [1.54, 1.807) is 51.1 Å². The van der Waals surface area contributed by atoms with Crippen molar-refractivity contribution in [1.82, 2.24) is 19.9 Å². The monoisotopic (exact) mass is 294 g/mol. The lowest BCUT2D eigenvalue weighted by atomic mass is 10.2. The number of hydrogen-bond acceptors (Lipinski definition) is 6. The maximum Gasteiger partial charge on any atom is 0.146 e. The summed E-state index contributed by atoms with van der Waals surface area (Å²) in [5.41, 5.74) is 2.49. The van der Waals surface area contributed by atoms with E-state index in [9.17, 15) is 0 Å². The van der Waals surface area contributed by atoms with E-state index in [0.717, 1.165) is 0 Å². The van der Waals surface area contributed by atoms with E-state index in [1.807, 2.05) is 12.1 Å². The molecule has 0 aliphatic carbocycles. The fourth-order valence-electron chi connectivity index (χ4n) is 2.09. The minimum atomic E-state index is 0.614. The molecular weight excluding hydrogens is 280 g/mol. The highest BCUT2D eigenvalue weighted by Crippen LogP contribution is 2.29. The predicted octanol–water partition coefficient (Wildman–Crippen LogP) is 2.62. The summed E-state index contributed by atoms with van der Waals surface area (Å²) >= 11 is 0. The van der Waals surface area contributed by atoms with Gasteiger partial charge in [-0.3, -0.25) is 15.0 Å². The second kappa shape index (κ2) is 6.17. The van der Waals surface area contributed by atoms with Crippen molar-refractivity contribution < 1.29 is 9.47 Å². The number of methoxy groups -OCH3 is 2. The van der Waals surface area contributed by atoms with E-state index >= 15 is 0 Å². The van der Waals surface area contributed by atoms with Crippen molar-refractivity contribution in [3.63, 3.8) is 0 Å². The maximum absolute atomic E-state index is 5.32. The van der Waals surface area contributed by atoms with E-state index < -0.39 is 0 Å². The average molecular weight is 294 g/mol. The summed E-state index contributed by atoms with van der Waals surface area (Å²) < 4.78 is 10.6. The van der Waals surface area contributed by atoms with Gasteiger partial charge < -0.3 is 9.47 Å². The third-order valence-electron chi connectivity index (χ3n) is 3.10. The van der Waals surface area contributed by atoms with E-state index in [1.165, 1.54) is 0 Å². The summed E-state index contributed by atoms with van der Waals surface area (Å²) in [5, 5.41) is 0. The van der Waals surface area contributed by atoms with Crippen LogP contribution in [0.5, 0.6) is 11.5 Å². The van der Waals surface area contributed by atoms with Crippen LogP contribution in [0.2, 0.25) is 0 Å². The Morgan fingerprint density at radius 2 is 1.27 bits per heavy atom. The van der Waals surface area contributed by atoms with Gasteiger partial charge in [-0.1, -0.05) is 0 Å². The maximum atomic E-state index is 5.32. The van der Waals surface area contributed by atoms with E-state index in [4.69, 9.17) is 9.47 Å². The van der Waals surface area contributed by atoms with Gasteiger partial charge in [0, 0.05) is 12.4 Å². The van der Waals surface area contributed by atoms with Crippen LogP contribution in [0.15, 0.2) is 49.1 Å². The van der Waals surface area contributed by atoms with Gasteiger partial charge in [-0.2, -0.15) is 0 Å². The van der Waals surface area contributed by atoms with E-state index in [2.05, 4.69) is 19.9 Å². The number of aromatic nitrogens is 4. The third kappa shape index (κ3) is 2.58. The van der Waals surface area contributed by atoms with Crippen LogP contribution in [0.4, 0.5) is 0 Å². The Morgan fingerprint density at radius 3 is 1.73 bits per heavy atom. The number of ether oxygens (including phenoxy) is 2. The molecule has 110 valence electrons. The summed E-state index contributed by atoms with van der Waals surface area (Å²) in [6.07, 6.45) is 6.66. The van der Waals surface area contributed by atoms with Crippen LogP contribution in [0.25, 0.3) is 22.8 Å². The number of pyridine rings is 2. The van der Waals surface area contributed by atoms with Gasteiger partial charge in [-0.05, 0) is 24.3 Å². The Balaban J connectivity index is 2.10. The Labute approximate surface area is 127 Å². The van der Waals surface area contributed by atoms with Gasteiger partial charge in [0.2, 0.25) is 0 Å². The van der Waals surface area contributed by atoms with Gasteiger partial charge in [-0.25, -0.2) is 4.98 Å². The summed E-state index contributed by atoms with van der Waals surface area (Å²) in [4.78, 5) is 17.5. The van der Waals surface area contributed by atoms with Crippen molar-refractivity contribution in [2.24, 2.45) is 0 Å². The van der Waals surface area contributed by atoms with Gasteiger partial charge >= 0.3 is 0 Å². The SMILES string of the molecule is COc1cccnc1-c1cncc(-c2ncccc2OC)n1. The molecule has 6 heteroatoms. The van der Waals surface area contributed by atoms with Crippen molar-refractivity contribution in [3.8, 4) is 34.3 Å². The molecule has 0 aliphatic heterocycles. The average Bonchev–Trinajstić information content (AvgIpc) is 2.61. The molecule has 0 aromatic carbocycles. The molecule has 0 radical (unpaired) electrons. The van der Waals surface area contributed by atoms with Crippen LogP contribution in [0.3, 0.4) is 0 Å². The van der Waals surface area contributed by atoms with Gasteiger partial charge in [0.1, 0.15) is 34.3 Å². The Bertz CT molecular complexity index is 730. The quantitative estimate of drug-likeness (QED) is 0.736. The Morgan fingerprint density at radius 1 is 0.773 bits per heavy atom. The molecule has 3 aromatic heterocycles. The Hall–Kier alpha value is -3.02. The fraction of sp³-hybridized carbons (Fsp3) is 0.125. The van der Waals surface area contributed by atoms with Gasteiger partial charge in [0.05, 0.1) is 26.6 Å². The molecule has 0 atom stereocenters. The highest BCUT2D eigenvalue weighted by Gasteiger charge is 2.13. The highest BCUT2D eigenvalue weighted by atomic mass is 16.5. The molecule has 0 spiro atoms. The molecule has 0 saturated carbocycles. The van der Waals surface area contributed by atoms with Crippen LogP contribution in [-0.2, 0) is 0 Å².